The first-order chi connectivity index (χ1) is 13.7. The maximum absolute atomic E-state index is 12.6. The van der Waals surface area contributed by atoms with Crippen LogP contribution in [-0.2, 0) is 17.4 Å². The van der Waals surface area contributed by atoms with Crippen LogP contribution < -0.4 is 10.6 Å². The van der Waals surface area contributed by atoms with Crippen LogP contribution in [0.3, 0.4) is 0 Å². The molecule has 0 saturated carbocycles. The van der Waals surface area contributed by atoms with Gasteiger partial charge in [0.25, 0.3) is 5.91 Å². The van der Waals surface area contributed by atoms with Crippen molar-refractivity contribution in [3.8, 4) is 0 Å². The number of halogens is 3. The van der Waals surface area contributed by atoms with Gasteiger partial charge in [0, 0.05) is 12.1 Å². The van der Waals surface area contributed by atoms with Crippen LogP contribution in [0.5, 0.6) is 0 Å². The molecule has 2 aromatic rings. The van der Waals surface area contributed by atoms with Gasteiger partial charge in [0.1, 0.15) is 6.04 Å². The van der Waals surface area contributed by atoms with E-state index in [2.05, 4.69) is 10.6 Å². The topological polar surface area (TPSA) is 58.2 Å². The second-order valence-corrected chi connectivity index (χ2v) is 6.94. The molecule has 7 heteroatoms. The van der Waals surface area contributed by atoms with Crippen LogP contribution in [0.15, 0.2) is 54.6 Å². The summed E-state index contributed by atoms with van der Waals surface area (Å²) < 4.78 is 37.8. The summed E-state index contributed by atoms with van der Waals surface area (Å²) in [5.74, 6) is -0.710. The number of hydrogen-bond donors (Lipinski definition) is 2. The van der Waals surface area contributed by atoms with Gasteiger partial charge < -0.3 is 10.6 Å². The highest BCUT2D eigenvalue weighted by atomic mass is 19.4. The fourth-order valence-electron chi connectivity index (χ4n) is 2.82. The largest absolute Gasteiger partial charge is 0.416 e. The van der Waals surface area contributed by atoms with Gasteiger partial charge >= 0.3 is 6.18 Å². The molecule has 0 aliphatic carbocycles. The molecule has 2 atom stereocenters. The van der Waals surface area contributed by atoms with E-state index < -0.39 is 17.8 Å². The minimum atomic E-state index is -4.37. The number of hydrogen-bond acceptors (Lipinski definition) is 2. The Bertz CT molecular complexity index is 805. The molecule has 0 spiro atoms. The third-order valence-electron chi connectivity index (χ3n) is 4.81. The van der Waals surface area contributed by atoms with E-state index in [1.807, 2.05) is 13.8 Å². The molecule has 156 valence electrons. The van der Waals surface area contributed by atoms with Gasteiger partial charge in [-0.25, -0.2) is 0 Å². The number of rotatable bonds is 8. The predicted molar refractivity (Wildman–Crippen MR) is 105 cm³/mol. The van der Waals surface area contributed by atoms with Crippen LogP contribution in [0, 0.1) is 5.92 Å². The van der Waals surface area contributed by atoms with Crippen molar-refractivity contribution in [2.24, 2.45) is 5.92 Å². The van der Waals surface area contributed by atoms with Crippen LogP contribution in [0.4, 0.5) is 13.2 Å². The summed E-state index contributed by atoms with van der Waals surface area (Å²) in [6, 6.07) is 12.8. The van der Waals surface area contributed by atoms with Gasteiger partial charge in [-0.15, -0.1) is 0 Å². The number of carbonyl (C=O) groups is 2. The van der Waals surface area contributed by atoms with Crippen molar-refractivity contribution in [3.63, 3.8) is 0 Å². The lowest BCUT2D eigenvalue weighted by Crippen LogP contribution is -2.50. The van der Waals surface area contributed by atoms with Gasteiger partial charge in [0.15, 0.2) is 0 Å². The van der Waals surface area contributed by atoms with Crippen LogP contribution in [0.25, 0.3) is 0 Å². The Morgan fingerprint density at radius 2 is 1.62 bits per heavy atom. The smallest absolute Gasteiger partial charge is 0.354 e. The summed E-state index contributed by atoms with van der Waals surface area (Å²) in [5, 5.41) is 5.55. The van der Waals surface area contributed by atoms with Crippen molar-refractivity contribution < 1.29 is 22.8 Å². The molecule has 2 amide bonds. The van der Waals surface area contributed by atoms with Gasteiger partial charge in [-0.1, -0.05) is 50.6 Å². The molecular formula is C22H25F3N2O2. The van der Waals surface area contributed by atoms with Crippen molar-refractivity contribution >= 4 is 11.8 Å². The first kappa shape index (κ1) is 22.5. The highest BCUT2D eigenvalue weighted by Gasteiger charge is 2.30. The van der Waals surface area contributed by atoms with Crippen molar-refractivity contribution in [1.82, 2.24) is 10.6 Å². The molecule has 2 N–H and O–H groups in total. The number of carbonyl (C=O) groups excluding carboxylic acids is 2. The minimum absolute atomic E-state index is 0.0752. The number of benzene rings is 2. The van der Waals surface area contributed by atoms with E-state index in [1.54, 1.807) is 30.3 Å². The van der Waals surface area contributed by atoms with E-state index in [4.69, 9.17) is 0 Å². The maximum Gasteiger partial charge on any atom is 0.416 e. The molecule has 4 nitrogen and oxygen atoms in total. The summed E-state index contributed by atoms with van der Waals surface area (Å²) in [6.45, 7) is 4.07. The van der Waals surface area contributed by atoms with Crippen molar-refractivity contribution in [3.05, 3.63) is 71.3 Å². The Hall–Kier alpha value is -2.83. The highest BCUT2D eigenvalue weighted by molar-refractivity contribution is 5.97. The molecule has 29 heavy (non-hydrogen) atoms. The fourth-order valence-corrected chi connectivity index (χ4v) is 2.82. The van der Waals surface area contributed by atoms with Gasteiger partial charge in [0.05, 0.1) is 5.56 Å². The number of nitrogens with one attached hydrogen (secondary N) is 2. The molecule has 2 rings (SSSR count). The van der Waals surface area contributed by atoms with E-state index in [0.29, 0.717) is 24.0 Å². The van der Waals surface area contributed by atoms with Crippen LogP contribution >= 0.6 is 0 Å². The first-order valence-corrected chi connectivity index (χ1v) is 9.52. The van der Waals surface area contributed by atoms with Crippen molar-refractivity contribution in [2.75, 3.05) is 6.54 Å². The number of amides is 2. The second kappa shape index (κ2) is 10.1. The SMILES string of the molecule is CCC(C)C(NC(=O)c1ccccc1)C(=O)NCCc1ccc(C(F)(F)F)cc1. The average molecular weight is 406 g/mol. The Morgan fingerprint density at radius 3 is 2.17 bits per heavy atom. The van der Waals surface area contributed by atoms with Gasteiger partial charge in [-0.3, -0.25) is 9.59 Å². The maximum atomic E-state index is 12.6. The Balaban J connectivity index is 1.93. The van der Waals surface area contributed by atoms with E-state index in [1.165, 1.54) is 12.1 Å². The minimum Gasteiger partial charge on any atom is -0.354 e. The van der Waals surface area contributed by atoms with Crippen LogP contribution in [-0.4, -0.2) is 24.4 Å². The molecule has 2 aromatic carbocycles. The summed E-state index contributed by atoms with van der Waals surface area (Å²) in [5.41, 5.74) is 0.454. The summed E-state index contributed by atoms with van der Waals surface area (Å²) in [4.78, 5) is 25.0. The lowest BCUT2D eigenvalue weighted by molar-refractivity contribution is -0.137. The third-order valence-corrected chi connectivity index (χ3v) is 4.81. The van der Waals surface area contributed by atoms with Crippen LogP contribution in [0.2, 0.25) is 0 Å². The van der Waals surface area contributed by atoms with Crippen LogP contribution in [0.1, 0.15) is 41.8 Å². The summed E-state index contributed by atoms with van der Waals surface area (Å²) in [7, 11) is 0. The molecular weight excluding hydrogens is 381 g/mol. The van der Waals surface area contributed by atoms with Crippen molar-refractivity contribution in [2.45, 2.75) is 38.9 Å². The second-order valence-electron chi connectivity index (χ2n) is 6.94. The molecule has 0 aromatic heterocycles. The van der Waals surface area contributed by atoms with E-state index in [0.717, 1.165) is 12.1 Å². The van der Waals surface area contributed by atoms with E-state index in [9.17, 15) is 22.8 Å². The normalized spacial score (nSPS) is 13.4. The summed E-state index contributed by atoms with van der Waals surface area (Å²) >= 11 is 0. The first-order valence-electron chi connectivity index (χ1n) is 9.52. The Kier molecular flexibility index (Phi) is 7.82. The zero-order valence-electron chi connectivity index (χ0n) is 16.4. The van der Waals surface area contributed by atoms with Gasteiger partial charge in [-0.2, -0.15) is 13.2 Å². The molecule has 2 unspecified atom stereocenters. The standard InChI is InChI=1S/C22H25F3N2O2/c1-3-15(2)19(27-20(28)17-7-5-4-6-8-17)21(29)26-14-13-16-9-11-18(12-10-16)22(23,24)25/h4-12,15,19H,3,13-14H2,1-2H3,(H,26,29)(H,27,28). The molecule has 0 aliphatic rings. The Labute approximate surface area is 168 Å². The molecule has 0 fully saturated rings. The molecule has 0 bridgehead atoms. The zero-order valence-corrected chi connectivity index (χ0v) is 16.4. The fraction of sp³-hybridized carbons (Fsp3) is 0.364. The Morgan fingerprint density at radius 1 is 1.00 bits per heavy atom. The zero-order chi connectivity index (χ0) is 21.4. The summed E-state index contributed by atoms with van der Waals surface area (Å²) in [6.07, 6.45) is -3.27. The number of alkyl halides is 3. The highest BCUT2D eigenvalue weighted by Crippen LogP contribution is 2.29. The molecule has 0 saturated heterocycles. The van der Waals surface area contributed by atoms with Gasteiger partial charge in [-0.05, 0) is 42.2 Å². The molecule has 0 heterocycles. The third kappa shape index (κ3) is 6.62. The molecule has 0 aliphatic heterocycles. The van der Waals surface area contributed by atoms with E-state index in [-0.39, 0.29) is 24.3 Å². The quantitative estimate of drug-likeness (QED) is 0.690. The lowest BCUT2D eigenvalue weighted by atomic mass is 9.97. The average Bonchev–Trinajstić information content (AvgIpc) is 2.71. The lowest BCUT2D eigenvalue weighted by Gasteiger charge is -2.23. The van der Waals surface area contributed by atoms with Crippen molar-refractivity contribution in [1.29, 1.82) is 0 Å². The predicted octanol–water partition coefficient (Wildman–Crippen LogP) is 4.21. The molecule has 0 radical (unpaired) electrons. The monoisotopic (exact) mass is 406 g/mol. The van der Waals surface area contributed by atoms with E-state index >= 15 is 0 Å². The van der Waals surface area contributed by atoms with Gasteiger partial charge in [0.2, 0.25) is 5.91 Å².